The topological polar surface area (TPSA) is 64.8 Å². The lowest BCUT2D eigenvalue weighted by Crippen LogP contribution is -2.40. The molecule has 1 aliphatic rings. The Bertz CT molecular complexity index is 1030. The Balaban J connectivity index is 1.40. The van der Waals surface area contributed by atoms with Crippen molar-refractivity contribution in [3.8, 4) is 11.5 Å². The average molecular weight is 421 g/mol. The van der Waals surface area contributed by atoms with Gasteiger partial charge in [-0.2, -0.15) is 0 Å². The summed E-state index contributed by atoms with van der Waals surface area (Å²) >= 11 is 0. The van der Waals surface area contributed by atoms with Gasteiger partial charge in [-0.05, 0) is 36.6 Å². The van der Waals surface area contributed by atoms with Crippen LogP contribution in [-0.2, 0) is 17.6 Å². The van der Waals surface area contributed by atoms with E-state index in [1.165, 1.54) is 0 Å². The monoisotopic (exact) mass is 420 g/mol. The summed E-state index contributed by atoms with van der Waals surface area (Å²) in [5.41, 5.74) is 2.02. The van der Waals surface area contributed by atoms with E-state index in [-0.39, 0.29) is 11.8 Å². The maximum absolute atomic E-state index is 12.9. The van der Waals surface area contributed by atoms with E-state index in [4.69, 9.17) is 13.9 Å². The van der Waals surface area contributed by atoms with Crippen molar-refractivity contribution in [1.82, 2.24) is 9.88 Å². The zero-order chi connectivity index (χ0) is 21.6. The van der Waals surface area contributed by atoms with Crippen molar-refractivity contribution in [2.45, 2.75) is 31.6 Å². The first kappa shape index (κ1) is 21.0. The van der Waals surface area contributed by atoms with E-state index >= 15 is 0 Å². The second-order valence-electron chi connectivity index (χ2n) is 7.86. The fraction of sp³-hybridized carbons (Fsp3) is 0.360. The van der Waals surface area contributed by atoms with Crippen LogP contribution in [0.25, 0.3) is 0 Å². The minimum absolute atomic E-state index is 0.120. The van der Waals surface area contributed by atoms with Crippen molar-refractivity contribution in [2.75, 3.05) is 27.3 Å². The molecule has 1 atom stereocenters. The van der Waals surface area contributed by atoms with Crippen molar-refractivity contribution >= 4 is 5.91 Å². The van der Waals surface area contributed by atoms with Gasteiger partial charge >= 0.3 is 0 Å². The molecule has 1 amide bonds. The number of hydrogen-bond donors (Lipinski definition) is 0. The van der Waals surface area contributed by atoms with Crippen LogP contribution in [-0.4, -0.2) is 43.1 Å². The van der Waals surface area contributed by atoms with Crippen LogP contribution >= 0.6 is 0 Å². The molecule has 0 unspecified atom stereocenters. The molecule has 1 aliphatic heterocycles. The number of piperidine rings is 1. The molecular formula is C25H28N2O4. The number of benzene rings is 2. The SMILES string of the molecule is COc1cccc(CC(=O)N2CCC[C@H](c3ncc(Cc4ccccc4OC)o3)C2)c1. The predicted molar refractivity (Wildman–Crippen MR) is 118 cm³/mol. The van der Waals surface area contributed by atoms with Gasteiger partial charge < -0.3 is 18.8 Å². The molecule has 0 bridgehead atoms. The second-order valence-corrected chi connectivity index (χ2v) is 7.86. The van der Waals surface area contributed by atoms with Crippen molar-refractivity contribution in [2.24, 2.45) is 0 Å². The van der Waals surface area contributed by atoms with Crippen LogP contribution in [0.5, 0.6) is 11.5 Å². The third-order valence-electron chi connectivity index (χ3n) is 5.74. The van der Waals surface area contributed by atoms with Crippen molar-refractivity contribution in [3.63, 3.8) is 0 Å². The number of aromatic nitrogens is 1. The summed E-state index contributed by atoms with van der Waals surface area (Å²) in [5, 5.41) is 0. The van der Waals surface area contributed by atoms with Crippen LogP contribution in [0.4, 0.5) is 0 Å². The molecule has 1 fully saturated rings. The molecule has 0 N–H and O–H groups in total. The number of carbonyl (C=O) groups excluding carboxylic acids is 1. The second kappa shape index (κ2) is 9.69. The van der Waals surface area contributed by atoms with E-state index in [1.54, 1.807) is 20.4 Å². The van der Waals surface area contributed by atoms with Crippen LogP contribution in [0.3, 0.4) is 0 Å². The highest BCUT2D eigenvalue weighted by atomic mass is 16.5. The number of methoxy groups -OCH3 is 2. The van der Waals surface area contributed by atoms with Crippen molar-refractivity contribution in [3.05, 3.63) is 77.5 Å². The van der Waals surface area contributed by atoms with Gasteiger partial charge in [0.25, 0.3) is 0 Å². The molecule has 0 aliphatic carbocycles. The fourth-order valence-corrected chi connectivity index (χ4v) is 4.10. The normalized spacial score (nSPS) is 16.2. The van der Waals surface area contributed by atoms with E-state index < -0.39 is 0 Å². The summed E-state index contributed by atoms with van der Waals surface area (Å²) in [4.78, 5) is 19.3. The van der Waals surface area contributed by atoms with Crippen LogP contribution in [0.15, 0.2) is 59.1 Å². The van der Waals surface area contributed by atoms with Gasteiger partial charge in [-0.1, -0.05) is 30.3 Å². The van der Waals surface area contributed by atoms with Crippen LogP contribution in [0.1, 0.15) is 41.5 Å². The minimum atomic E-state index is 0.120. The van der Waals surface area contributed by atoms with E-state index in [0.29, 0.717) is 25.3 Å². The summed E-state index contributed by atoms with van der Waals surface area (Å²) in [7, 11) is 3.30. The molecule has 162 valence electrons. The number of likely N-dealkylation sites (tertiary alicyclic amines) is 1. The molecular weight excluding hydrogens is 392 g/mol. The van der Waals surface area contributed by atoms with Crippen LogP contribution in [0.2, 0.25) is 0 Å². The summed E-state index contributed by atoms with van der Waals surface area (Å²) in [6.07, 6.45) is 4.70. The molecule has 1 aromatic heterocycles. The quantitative estimate of drug-likeness (QED) is 0.572. The molecule has 6 nitrogen and oxygen atoms in total. The Kier molecular flexibility index (Phi) is 6.55. The van der Waals surface area contributed by atoms with Crippen molar-refractivity contribution < 1.29 is 18.7 Å². The summed E-state index contributed by atoms with van der Waals surface area (Å²) in [6.45, 7) is 1.41. The van der Waals surface area contributed by atoms with E-state index in [0.717, 1.165) is 47.8 Å². The molecule has 0 spiro atoms. The first-order chi connectivity index (χ1) is 15.2. The molecule has 1 saturated heterocycles. The Morgan fingerprint density at radius 2 is 2.03 bits per heavy atom. The Labute approximate surface area is 182 Å². The van der Waals surface area contributed by atoms with Crippen LogP contribution in [0, 0.1) is 0 Å². The van der Waals surface area contributed by atoms with E-state index in [9.17, 15) is 4.79 Å². The number of oxazole rings is 1. The van der Waals surface area contributed by atoms with Crippen molar-refractivity contribution in [1.29, 1.82) is 0 Å². The smallest absolute Gasteiger partial charge is 0.227 e. The van der Waals surface area contributed by atoms with E-state index in [1.807, 2.05) is 53.4 Å². The molecule has 2 aromatic carbocycles. The maximum Gasteiger partial charge on any atom is 0.227 e. The van der Waals surface area contributed by atoms with Gasteiger partial charge in [-0.3, -0.25) is 4.79 Å². The molecule has 0 saturated carbocycles. The lowest BCUT2D eigenvalue weighted by Gasteiger charge is -2.31. The number of para-hydroxylation sites is 1. The number of amides is 1. The van der Waals surface area contributed by atoms with Crippen LogP contribution < -0.4 is 9.47 Å². The third-order valence-corrected chi connectivity index (χ3v) is 5.74. The van der Waals surface area contributed by atoms with Gasteiger partial charge in [0.1, 0.15) is 17.3 Å². The molecule has 4 rings (SSSR count). The molecule has 2 heterocycles. The maximum atomic E-state index is 12.9. The Morgan fingerprint density at radius 3 is 2.87 bits per heavy atom. The van der Waals surface area contributed by atoms with E-state index in [2.05, 4.69) is 4.98 Å². The number of carbonyl (C=O) groups is 1. The third kappa shape index (κ3) is 5.08. The van der Waals surface area contributed by atoms with Gasteiger partial charge in [0.2, 0.25) is 5.91 Å². The Hall–Kier alpha value is -3.28. The number of ether oxygens (including phenoxy) is 2. The summed E-state index contributed by atoms with van der Waals surface area (Å²) in [6, 6.07) is 15.6. The van der Waals surface area contributed by atoms with Gasteiger partial charge in [-0.25, -0.2) is 4.98 Å². The Morgan fingerprint density at radius 1 is 1.16 bits per heavy atom. The van der Waals surface area contributed by atoms with Gasteiger partial charge in [0.05, 0.1) is 32.8 Å². The zero-order valence-electron chi connectivity index (χ0n) is 18.0. The molecule has 6 heteroatoms. The fourth-order valence-electron chi connectivity index (χ4n) is 4.10. The standard InChI is InChI=1S/C25H28N2O4/c1-29-21-10-5-7-18(13-21)14-24(28)27-12-6-9-20(17-27)25-26-16-22(31-25)15-19-8-3-4-11-23(19)30-2/h3-5,7-8,10-11,13,16,20H,6,9,12,14-15,17H2,1-2H3/t20-/m0/s1. The lowest BCUT2D eigenvalue weighted by molar-refractivity contribution is -0.131. The first-order valence-electron chi connectivity index (χ1n) is 10.6. The summed E-state index contributed by atoms with van der Waals surface area (Å²) in [5.74, 6) is 3.37. The molecule has 31 heavy (non-hydrogen) atoms. The van der Waals surface area contributed by atoms with Gasteiger partial charge in [-0.15, -0.1) is 0 Å². The molecule has 3 aromatic rings. The zero-order valence-corrected chi connectivity index (χ0v) is 18.0. The van der Waals surface area contributed by atoms with Gasteiger partial charge in [0.15, 0.2) is 5.89 Å². The highest BCUT2D eigenvalue weighted by Gasteiger charge is 2.28. The highest BCUT2D eigenvalue weighted by Crippen LogP contribution is 2.29. The average Bonchev–Trinajstić information content (AvgIpc) is 3.28. The molecule has 0 radical (unpaired) electrons. The number of hydrogen-bond acceptors (Lipinski definition) is 5. The first-order valence-corrected chi connectivity index (χ1v) is 10.6. The number of rotatable bonds is 7. The summed E-state index contributed by atoms with van der Waals surface area (Å²) < 4.78 is 16.8. The number of nitrogens with zero attached hydrogens (tertiary/aromatic N) is 2. The minimum Gasteiger partial charge on any atom is -0.497 e. The largest absolute Gasteiger partial charge is 0.497 e. The lowest BCUT2D eigenvalue weighted by atomic mass is 9.97. The highest BCUT2D eigenvalue weighted by molar-refractivity contribution is 5.79. The predicted octanol–water partition coefficient (Wildman–Crippen LogP) is 4.23. The van der Waals surface area contributed by atoms with Gasteiger partial charge in [0, 0.05) is 25.1 Å².